The number of nitrogens with zero attached hydrogens (tertiary/aromatic N) is 4. The molecule has 19 heavy (non-hydrogen) atoms. The van der Waals surface area contributed by atoms with Gasteiger partial charge in [-0.1, -0.05) is 11.6 Å². The van der Waals surface area contributed by atoms with Crippen molar-refractivity contribution in [3.63, 3.8) is 0 Å². The van der Waals surface area contributed by atoms with Gasteiger partial charge in [-0.25, -0.2) is 9.97 Å². The van der Waals surface area contributed by atoms with Gasteiger partial charge in [-0.15, -0.1) is 11.3 Å². The molecule has 0 atom stereocenters. The molecule has 5 nitrogen and oxygen atoms in total. The number of aromatic nitrogens is 2. The van der Waals surface area contributed by atoms with Crippen LogP contribution in [0.4, 0.5) is 5.95 Å². The number of thiophene rings is 1. The van der Waals surface area contributed by atoms with E-state index in [9.17, 15) is 4.79 Å². The molecule has 1 amide bonds. The maximum atomic E-state index is 11.3. The fourth-order valence-corrected chi connectivity index (χ4v) is 3.21. The summed E-state index contributed by atoms with van der Waals surface area (Å²) in [5.41, 5.74) is 0. The van der Waals surface area contributed by atoms with Crippen LogP contribution in [0.2, 0.25) is 5.15 Å². The summed E-state index contributed by atoms with van der Waals surface area (Å²) in [7, 11) is 0. The maximum Gasteiger partial charge on any atom is 0.228 e. The Morgan fingerprint density at radius 2 is 2.05 bits per heavy atom. The zero-order chi connectivity index (χ0) is 13.4. The highest BCUT2D eigenvalue weighted by atomic mass is 35.5. The minimum atomic E-state index is 0.118. The lowest BCUT2D eigenvalue weighted by Gasteiger charge is -2.34. The van der Waals surface area contributed by atoms with Crippen molar-refractivity contribution in [2.75, 3.05) is 31.1 Å². The summed E-state index contributed by atoms with van der Waals surface area (Å²) >= 11 is 7.72. The summed E-state index contributed by atoms with van der Waals surface area (Å²) in [5, 5.41) is 3.36. The van der Waals surface area contributed by atoms with Gasteiger partial charge in [0, 0.05) is 38.5 Å². The molecule has 1 aliphatic heterocycles. The van der Waals surface area contributed by atoms with Crippen LogP contribution in [0.15, 0.2) is 11.4 Å². The van der Waals surface area contributed by atoms with Crippen molar-refractivity contribution in [2.24, 2.45) is 0 Å². The summed E-state index contributed by atoms with van der Waals surface area (Å²) < 4.78 is 0. The van der Waals surface area contributed by atoms with Crippen LogP contribution < -0.4 is 4.90 Å². The number of anilines is 1. The molecule has 0 aromatic carbocycles. The lowest BCUT2D eigenvalue weighted by molar-refractivity contribution is -0.129. The molecule has 1 fully saturated rings. The molecule has 2 aromatic rings. The second-order valence-corrected chi connectivity index (χ2v) is 5.70. The Morgan fingerprint density at radius 3 is 2.74 bits per heavy atom. The van der Waals surface area contributed by atoms with Crippen molar-refractivity contribution in [2.45, 2.75) is 6.92 Å². The van der Waals surface area contributed by atoms with Crippen LogP contribution in [0.25, 0.3) is 10.2 Å². The van der Waals surface area contributed by atoms with Crippen molar-refractivity contribution in [3.8, 4) is 0 Å². The Labute approximate surface area is 119 Å². The first-order chi connectivity index (χ1) is 9.15. The van der Waals surface area contributed by atoms with Gasteiger partial charge in [-0.2, -0.15) is 0 Å². The number of rotatable bonds is 1. The minimum Gasteiger partial charge on any atom is -0.339 e. The summed E-state index contributed by atoms with van der Waals surface area (Å²) in [6.45, 7) is 4.50. The predicted octanol–water partition coefficient (Wildman–Crippen LogP) is 2.01. The molecule has 3 heterocycles. The lowest BCUT2D eigenvalue weighted by Crippen LogP contribution is -2.48. The van der Waals surface area contributed by atoms with Gasteiger partial charge in [0.2, 0.25) is 11.9 Å². The van der Waals surface area contributed by atoms with Crippen LogP contribution in [0, 0.1) is 0 Å². The van der Waals surface area contributed by atoms with Crippen molar-refractivity contribution in [3.05, 3.63) is 16.6 Å². The third-order valence-electron chi connectivity index (χ3n) is 3.27. The smallest absolute Gasteiger partial charge is 0.228 e. The Balaban J connectivity index is 1.83. The van der Waals surface area contributed by atoms with Crippen LogP contribution in [-0.4, -0.2) is 47.0 Å². The third-order valence-corrected chi connectivity index (χ3v) is 4.37. The maximum absolute atomic E-state index is 11.3. The largest absolute Gasteiger partial charge is 0.339 e. The monoisotopic (exact) mass is 296 g/mol. The highest BCUT2D eigenvalue weighted by molar-refractivity contribution is 7.16. The third kappa shape index (κ3) is 2.37. The summed E-state index contributed by atoms with van der Waals surface area (Å²) in [4.78, 5) is 25.0. The molecule has 3 rings (SSSR count). The van der Waals surface area contributed by atoms with Crippen molar-refractivity contribution >= 4 is 45.0 Å². The molecule has 0 spiro atoms. The average Bonchev–Trinajstić information content (AvgIpc) is 2.87. The minimum absolute atomic E-state index is 0.118. The highest BCUT2D eigenvalue weighted by Crippen LogP contribution is 2.27. The van der Waals surface area contributed by atoms with E-state index >= 15 is 0 Å². The molecule has 0 saturated carbocycles. The quantitative estimate of drug-likeness (QED) is 0.756. The number of halogens is 1. The standard InChI is InChI=1S/C12H13ClN4OS/c1-8(18)16-3-5-17(6-4-16)12-14-10(13)9-2-7-19-11(9)15-12/h2,7H,3-6H2,1H3. The lowest BCUT2D eigenvalue weighted by atomic mass is 10.3. The molecule has 2 aromatic heterocycles. The summed E-state index contributed by atoms with van der Waals surface area (Å²) in [5.74, 6) is 0.774. The van der Waals surface area contributed by atoms with Gasteiger partial charge in [0.1, 0.15) is 9.98 Å². The molecular formula is C12H13ClN4OS. The summed E-state index contributed by atoms with van der Waals surface area (Å²) in [6, 6.07) is 1.93. The molecule has 0 N–H and O–H groups in total. The number of piperazine rings is 1. The number of carbonyl (C=O) groups excluding carboxylic acids is 1. The first-order valence-electron chi connectivity index (χ1n) is 6.06. The van der Waals surface area contributed by atoms with E-state index in [-0.39, 0.29) is 5.91 Å². The van der Waals surface area contributed by atoms with Gasteiger partial charge >= 0.3 is 0 Å². The van der Waals surface area contributed by atoms with Crippen LogP contribution in [0.3, 0.4) is 0 Å². The van der Waals surface area contributed by atoms with Crippen LogP contribution in [0.1, 0.15) is 6.92 Å². The second kappa shape index (κ2) is 4.94. The molecule has 100 valence electrons. The number of hydrogen-bond acceptors (Lipinski definition) is 5. The van der Waals surface area contributed by atoms with Crippen molar-refractivity contribution in [1.29, 1.82) is 0 Å². The van der Waals surface area contributed by atoms with Crippen LogP contribution >= 0.6 is 22.9 Å². The Bertz CT molecular complexity index is 621. The molecule has 0 radical (unpaired) electrons. The van der Waals surface area contributed by atoms with E-state index in [1.54, 1.807) is 18.3 Å². The molecule has 0 aliphatic carbocycles. The first-order valence-corrected chi connectivity index (χ1v) is 7.32. The Hall–Kier alpha value is -1.40. The molecular weight excluding hydrogens is 284 g/mol. The SMILES string of the molecule is CC(=O)N1CCN(c2nc(Cl)c3ccsc3n2)CC1. The number of fused-ring (bicyclic) bond motifs is 1. The number of carbonyl (C=O) groups is 1. The van der Waals surface area contributed by atoms with E-state index in [4.69, 9.17) is 11.6 Å². The molecule has 1 saturated heterocycles. The zero-order valence-corrected chi connectivity index (χ0v) is 12.0. The average molecular weight is 297 g/mol. The normalized spacial score (nSPS) is 16.1. The fraction of sp³-hybridized carbons (Fsp3) is 0.417. The molecule has 0 bridgehead atoms. The molecule has 7 heteroatoms. The van der Waals surface area contributed by atoms with Gasteiger partial charge in [-0.05, 0) is 11.4 Å². The van der Waals surface area contributed by atoms with Gasteiger partial charge in [-0.3, -0.25) is 4.79 Å². The Morgan fingerprint density at radius 1 is 1.32 bits per heavy atom. The second-order valence-electron chi connectivity index (χ2n) is 4.45. The van der Waals surface area contributed by atoms with Crippen LogP contribution in [-0.2, 0) is 4.79 Å². The van der Waals surface area contributed by atoms with E-state index in [1.165, 1.54) is 0 Å². The van der Waals surface area contributed by atoms with E-state index in [1.807, 2.05) is 16.3 Å². The summed E-state index contributed by atoms with van der Waals surface area (Å²) in [6.07, 6.45) is 0. The number of amides is 1. The Kier molecular flexibility index (Phi) is 3.28. The van der Waals surface area contributed by atoms with E-state index in [0.717, 1.165) is 23.3 Å². The number of hydrogen-bond donors (Lipinski definition) is 0. The zero-order valence-electron chi connectivity index (χ0n) is 10.5. The highest BCUT2D eigenvalue weighted by Gasteiger charge is 2.21. The first kappa shape index (κ1) is 12.6. The van der Waals surface area contributed by atoms with Gasteiger partial charge in [0.15, 0.2) is 0 Å². The van der Waals surface area contributed by atoms with Crippen molar-refractivity contribution < 1.29 is 4.79 Å². The van der Waals surface area contributed by atoms with Crippen molar-refractivity contribution in [1.82, 2.24) is 14.9 Å². The van der Waals surface area contributed by atoms with E-state index in [0.29, 0.717) is 24.2 Å². The van der Waals surface area contributed by atoms with Crippen LogP contribution in [0.5, 0.6) is 0 Å². The van der Waals surface area contributed by atoms with Gasteiger partial charge < -0.3 is 9.80 Å². The van der Waals surface area contributed by atoms with E-state index in [2.05, 4.69) is 14.9 Å². The van der Waals surface area contributed by atoms with E-state index < -0.39 is 0 Å². The fourth-order valence-electron chi connectivity index (χ4n) is 2.17. The van der Waals surface area contributed by atoms with Gasteiger partial charge in [0.05, 0.1) is 0 Å². The topological polar surface area (TPSA) is 49.3 Å². The molecule has 1 aliphatic rings. The van der Waals surface area contributed by atoms with Gasteiger partial charge in [0.25, 0.3) is 0 Å². The predicted molar refractivity (Wildman–Crippen MR) is 76.9 cm³/mol. The molecule has 0 unspecified atom stereocenters.